The quantitative estimate of drug-likeness (QED) is 0.758. The molecule has 0 unspecified atom stereocenters. The molecule has 1 saturated carbocycles. The van der Waals surface area contributed by atoms with Crippen molar-refractivity contribution in [3.05, 3.63) is 17.0 Å². The van der Waals surface area contributed by atoms with Crippen LogP contribution in [-0.2, 0) is 6.18 Å². The van der Waals surface area contributed by atoms with E-state index in [-0.39, 0.29) is 17.4 Å². The third-order valence-electron chi connectivity index (χ3n) is 2.55. The molecule has 2 nitrogen and oxygen atoms in total. The molecular formula is C10H12F3NO. The van der Waals surface area contributed by atoms with Crippen molar-refractivity contribution in [2.24, 2.45) is 0 Å². The Balaban J connectivity index is 2.46. The average Bonchev–Trinajstić information content (AvgIpc) is 2.81. The third kappa shape index (κ3) is 1.87. The molecule has 0 radical (unpaired) electrons. The first-order valence-corrected chi connectivity index (χ1v) is 4.98. The molecule has 2 rings (SSSR count). The summed E-state index contributed by atoms with van der Waals surface area (Å²) in [5.41, 5.74) is -0.607. The van der Waals surface area contributed by atoms with Crippen molar-refractivity contribution in [3.63, 3.8) is 0 Å². The van der Waals surface area contributed by atoms with Crippen molar-refractivity contribution in [2.75, 3.05) is 0 Å². The van der Waals surface area contributed by atoms with Crippen molar-refractivity contribution >= 4 is 0 Å². The van der Waals surface area contributed by atoms with Gasteiger partial charge in [-0.25, -0.2) is 0 Å². The summed E-state index contributed by atoms with van der Waals surface area (Å²) in [7, 11) is 0. The molecule has 1 aliphatic rings. The van der Waals surface area contributed by atoms with Crippen LogP contribution < -0.4 is 0 Å². The normalized spacial score (nSPS) is 17.5. The first-order chi connectivity index (χ1) is 6.91. The summed E-state index contributed by atoms with van der Waals surface area (Å²) in [6.45, 7) is 3.46. The molecule has 0 bridgehead atoms. The fourth-order valence-corrected chi connectivity index (χ4v) is 1.71. The van der Waals surface area contributed by atoms with Crippen LogP contribution in [-0.4, -0.2) is 5.16 Å². The molecule has 0 aliphatic heterocycles. The summed E-state index contributed by atoms with van der Waals surface area (Å²) in [5, 5.41) is 3.17. The van der Waals surface area contributed by atoms with Gasteiger partial charge in [0.1, 0.15) is 5.76 Å². The van der Waals surface area contributed by atoms with Gasteiger partial charge in [-0.3, -0.25) is 0 Å². The lowest BCUT2D eigenvalue weighted by Gasteiger charge is -2.08. The van der Waals surface area contributed by atoms with Crippen molar-refractivity contribution in [1.82, 2.24) is 5.16 Å². The van der Waals surface area contributed by atoms with Crippen molar-refractivity contribution in [2.45, 2.75) is 44.7 Å². The molecule has 1 aromatic heterocycles. The molecule has 0 saturated heterocycles. The van der Waals surface area contributed by atoms with Crippen LogP contribution in [0.25, 0.3) is 0 Å². The standard InChI is InChI=1S/C10H12F3NO/c1-5(2)7-8(6-3-4-6)15-14-9(7)10(11,12)13/h5-6H,3-4H2,1-2H3. The van der Waals surface area contributed by atoms with Crippen LogP contribution in [0.5, 0.6) is 0 Å². The summed E-state index contributed by atoms with van der Waals surface area (Å²) >= 11 is 0. The Bertz CT molecular complexity index is 363. The molecule has 84 valence electrons. The van der Waals surface area contributed by atoms with Crippen LogP contribution in [0.2, 0.25) is 0 Å². The van der Waals surface area contributed by atoms with Gasteiger partial charge < -0.3 is 4.52 Å². The fraction of sp³-hybridized carbons (Fsp3) is 0.700. The van der Waals surface area contributed by atoms with Crippen LogP contribution in [0.15, 0.2) is 4.52 Å². The second-order valence-electron chi connectivity index (χ2n) is 4.24. The summed E-state index contributed by atoms with van der Waals surface area (Å²) in [5.74, 6) is 0.395. The van der Waals surface area contributed by atoms with Crippen LogP contribution in [0.3, 0.4) is 0 Å². The fourth-order valence-electron chi connectivity index (χ4n) is 1.71. The number of nitrogens with zero attached hydrogens (tertiary/aromatic N) is 1. The topological polar surface area (TPSA) is 26.0 Å². The highest BCUT2D eigenvalue weighted by Gasteiger charge is 2.42. The van der Waals surface area contributed by atoms with Gasteiger partial charge in [-0.15, -0.1) is 0 Å². The maximum absolute atomic E-state index is 12.6. The van der Waals surface area contributed by atoms with Gasteiger partial charge in [0, 0.05) is 11.5 Å². The first kappa shape index (κ1) is 10.5. The molecule has 0 spiro atoms. The minimum Gasteiger partial charge on any atom is -0.360 e. The van der Waals surface area contributed by atoms with Gasteiger partial charge in [0.05, 0.1) is 0 Å². The summed E-state index contributed by atoms with van der Waals surface area (Å²) in [4.78, 5) is 0. The maximum atomic E-state index is 12.6. The number of hydrogen-bond donors (Lipinski definition) is 0. The SMILES string of the molecule is CC(C)c1c(C(F)(F)F)noc1C1CC1. The van der Waals surface area contributed by atoms with Crippen LogP contribution >= 0.6 is 0 Å². The predicted octanol–water partition coefficient (Wildman–Crippen LogP) is 3.69. The zero-order valence-electron chi connectivity index (χ0n) is 8.56. The van der Waals surface area contributed by atoms with E-state index in [9.17, 15) is 13.2 Å². The second kappa shape index (κ2) is 3.25. The molecule has 1 heterocycles. The number of halogens is 3. The Morgan fingerprint density at radius 3 is 2.33 bits per heavy atom. The largest absolute Gasteiger partial charge is 0.437 e. The zero-order valence-corrected chi connectivity index (χ0v) is 8.56. The summed E-state index contributed by atoms with van der Waals surface area (Å²) in [6, 6.07) is 0. The maximum Gasteiger partial charge on any atom is 0.437 e. The Morgan fingerprint density at radius 2 is 1.93 bits per heavy atom. The summed E-state index contributed by atoms with van der Waals surface area (Å²) in [6.07, 6.45) is -2.59. The van der Waals surface area contributed by atoms with Crippen molar-refractivity contribution in [3.8, 4) is 0 Å². The summed E-state index contributed by atoms with van der Waals surface area (Å²) < 4.78 is 42.6. The molecule has 0 amide bonds. The lowest BCUT2D eigenvalue weighted by Crippen LogP contribution is -2.10. The Kier molecular flexibility index (Phi) is 2.28. The van der Waals surface area contributed by atoms with E-state index in [1.807, 2.05) is 0 Å². The van der Waals surface area contributed by atoms with Gasteiger partial charge in [0.15, 0.2) is 5.69 Å². The minimum absolute atomic E-state index is 0.158. The molecule has 1 fully saturated rings. The highest BCUT2D eigenvalue weighted by atomic mass is 19.4. The van der Waals surface area contributed by atoms with E-state index in [0.29, 0.717) is 5.76 Å². The van der Waals surface area contributed by atoms with E-state index in [1.54, 1.807) is 13.8 Å². The molecule has 5 heteroatoms. The smallest absolute Gasteiger partial charge is 0.360 e. The Morgan fingerprint density at radius 1 is 1.33 bits per heavy atom. The lowest BCUT2D eigenvalue weighted by atomic mass is 9.98. The van der Waals surface area contributed by atoms with Gasteiger partial charge in [-0.1, -0.05) is 19.0 Å². The van der Waals surface area contributed by atoms with Gasteiger partial charge in [-0.05, 0) is 18.8 Å². The van der Waals surface area contributed by atoms with E-state index < -0.39 is 11.9 Å². The average molecular weight is 219 g/mol. The van der Waals surface area contributed by atoms with Crippen molar-refractivity contribution < 1.29 is 17.7 Å². The predicted molar refractivity (Wildman–Crippen MR) is 47.6 cm³/mol. The van der Waals surface area contributed by atoms with Crippen LogP contribution in [0.1, 0.15) is 55.5 Å². The van der Waals surface area contributed by atoms with Crippen molar-refractivity contribution in [1.29, 1.82) is 0 Å². The highest BCUT2D eigenvalue weighted by Crippen LogP contribution is 2.46. The highest BCUT2D eigenvalue weighted by molar-refractivity contribution is 5.32. The van der Waals surface area contributed by atoms with Crippen LogP contribution in [0, 0.1) is 0 Å². The Labute approximate surface area is 85.4 Å². The van der Waals surface area contributed by atoms with E-state index >= 15 is 0 Å². The third-order valence-corrected chi connectivity index (χ3v) is 2.55. The number of hydrogen-bond acceptors (Lipinski definition) is 2. The van der Waals surface area contributed by atoms with Gasteiger partial charge >= 0.3 is 6.18 Å². The van der Waals surface area contributed by atoms with E-state index in [1.165, 1.54) is 0 Å². The lowest BCUT2D eigenvalue weighted by molar-refractivity contribution is -0.143. The van der Waals surface area contributed by atoms with Gasteiger partial charge in [0.25, 0.3) is 0 Å². The van der Waals surface area contributed by atoms with Crippen LogP contribution in [0.4, 0.5) is 13.2 Å². The minimum atomic E-state index is -4.41. The van der Waals surface area contributed by atoms with Gasteiger partial charge in [-0.2, -0.15) is 13.2 Å². The molecular weight excluding hydrogens is 207 g/mol. The molecule has 0 aromatic carbocycles. The number of rotatable bonds is 2. The molecule has 1 aliphatic carbocycles. The molecule has 15 heavy (non-hydrogen) atoms. The molecule has 0 N–H and O–H groups in total. The van der Waals surface area contributed by atoms with E-state index in [0.717, 1.165) is 12.8 Å². The Hall–Kier alpha value is -1.00. The number of aromatic nitrogens is 1. The molecule has 1 aromatic rings. The van der Waals surface area contributed by atoms with Gasteiger partial charge in [0.2, 0.25) is 0 Å². The van der Waals surface area contributed by atoms with E-state index in [4.69, 9.17) is 4.52 Å². The zero-order chi connectivity index (χ0) is 11.2. The first-order valence-electron chi connectivity index (χ1n) is 4.98. The monoisotopic (exact) mass is 219 g/mol. The molecule has 0 atom stereocenters. The second-order valence-corrected chi connectivity index (χ2v) is 4.24. The van der Waals surface area contributed by atoms with E-state index in [2.05, 4.69) is 5.16 Å². The number of alkyl halides is 3.